The van der Waals surface area contributed by atoms with E-state index in [-0.39, 0.29) is 11.8 Å². The summed E-state index contributed by atoms with van der Waals surface area (Å²) in [6.45, 7) is 4.90. The molecule has 1 fully saturated rings. The summed E-state index contributed by atoms with van der Waals surface area (Å²) < 4.78 is 26.4. The molecule has 108 valence electrons. The van der Waals surface area contributed by atoms with Gasteiger partial charge in [-0.2, -0.15) is 4.31 Å². The Hall–Kier alpha value is -0.430. The smallest absolute Gasteiger partial charge is 0.215 e. The summed E-state index contributed by atoms with van der Waals surface area (Å²) >= 11 is 1.60. The van der Waals surface area contributed by atoms with Crippen molar-refractivity contribution in [1.29, 1.82) is 0 Å². The normalized spacial score (nSPS) is 16.4. The SMILES string of the molecule is CC(C)N(Cc1cccs1)S(=O)(=O)CCNC1CC1. The molecule has 2 rings (SSSR count). The highest BCUT2D eigenvalue weighted by molar-refractivity contribution is 7.89. The second-order valence-corrected chi connectivity index (χ2v) is 8.34. The van der Waals surface area contributed by atoms with Gasteiger partial charge in [0, 0.05) is 30.1 Å². The molecule has 1 aromatic heterocycles. The first-order chi connectivity index (χ1) is 8.99. The van der Waals surface area contributed by atoms with Crippen LogP contribution in [-0.2, 0) is 16.6 Å². The van der Waals surface area contributed by atoms with E-state index in [9.17, 15) is 8.42 Å². The third-order valence-electron chi connectivity index (χ3n) is 3.20. The Kier molecular flexibility index (Phi) is 5.00. The first-order valence-corrected chi connectivity index (χ1v) is 9.23. The van der Waals surface area contributed by atoms with Crippen LogP contribution in [-0.4, -0.2) is 37.1 Å². The molecular weight excluding hydrogens is 280 g/mol. The second kappa shape index (κ2) is 6.35. The van der Waals surface area contributed by atoms with Crippen molar-refractivity contribution in [3.63, 3.8) is 0 Å². The maximum atomic E-state index is 12.4. The number of sulfonamides is 1. The van der Waals surface area contributed by atoms with Gasteiger partial charge in [-0.25, -0.2) is 8.42 Å². The topological polar surface area (TPSA) is 49.4 Å². The van der Waals surface area contributed by atoms with Crippen LogP contribution in [0.5, 0.6) is 0 Å². The van der Waals surface area contributed by atoms with Crippen LogP contribution in [0.25, 0.3) is 0 Å². The maximum Gasteiger partial charge on any atom is 0.215 e. The van der Waals surface area contributed by atoms with Crippen LogP contribution >= 0.6 is 11.3 Å². The molecule has 0 bridgehead atoms. The standard InChI is InChI=1S/C13H22N2O2S2/c1-11(2)15(10-13-4-3-8-18-13)19(16,17)9-7-14-12-5-6-12/h3-4,8,11-12,14H,5-7,9-10H2,1-2H3. The van der Waals surface area contributed by atoms with Crippen molar-refractivity contribution < 1.29 is 8.42 Å². The van der Waals surface area contributed by atoms with Crippen LogP contribution in [0.1, 0.15) is 31.6 Å². The number of nitrogens with one attached hydrogen (secondary N) is 1. The minimum Gasteiger partial charge on any atom is -0.313 e. The fourth-order valence-electron chi connectivity index (χ4n) is 1.96. The van der Waals surface area contributed by atoms with E-state index >= 15 is 0 Å². The van der Waals surface area contributed by atoms with Gasteiger partial charge in [-0.3, -0.25) is 0 Å². The number of nitrogens with zero attached hydrogens (tertiary/aromatic N) is 1. The van der Waals surface area contributed by atoms with E-state index in [1.54, 1.807) is 15.6 Å². The number of hydrogen-bond acceptors (Lipinski definition) is 4. The van der Waals surface area contributed by atoms with E-state index in [0.717, 1.165) is 4.88 Å². The van der Waals surface area contributed by atoms with Crippen molar-refractivity contribution >= 4 is 21.4 Å². The van der Waals surface area contributed by atoms with Gasteiger partial charge in [0.1, 0.15) is 0 Å². The number of rotatable bonds is 8. The Morgan fingerprint density at radius 1 is 1.47 bits per heavy atom. The summed E-state index contributed by atoms with van der Waals surface area (Å²) in [6.07, 6.45) is 2.37. The molecule has 6 heteroatoms. The third-order valence-corrected chi connectivity index (χ3v) is 6.04. The first-order valence-electron chi connectivity index (χ1n) is 6.74. The van der Waals surface area contributed by atoms with Crippen LogP contribution in [0.2, 0.25) is 0 Å². The van der Waals surface area contributed by atoms with Gasteiger partial charge in [0.15, 0.2) is 0 Å². The molecule has 19 heavy (non-hydrogen) atoms. The van der Waals surface area contributed by atoms with Crippen LogP contribution in [0.3, 0.4) is 0 Å². The molecule has 0 amide bonds. The van der Waals surface area contributed by atoms with Gasteiger partial charge in [-0.15, -0.1) is 11.3 Å². The summed E-state index contributed by atoms with van der Waals surface area (Å²) in [5.74, 6) is 0.188. The van der Waals surface area contributed by atoms with Crippen molar-refractivity contribution in [2.24, 2.45) is 0 Å². The predicted octanol–water partition coefficient (Wildman–Crippen LogP) is 2.04. The third kappa shape index (κ3) is 4.56. The highest BCUT2D eigenvalue weighted by Crippen LogP contribution is 2.19. The van der Waals surface area contributed by atoms with E-state index in [4.69, 9.17) is 0 Å². The van der Waals surface area contributed by atoms with Gasteiger partial charge in [0.2, 0.25) is 10.0 Å². The lowest BCUT2D eigenvalue weighted by Gasteiger charge is -2.25. The number of hydrogen-bond donors (Lipinski definition) is 1. The van der Waals surface area contributed by atoms with Crippen molar-refractivity contribution in [2.75, 3.05) is 12.3 Å². The van der Waals surface area contributed by atoms with Crippen molar-refractivity contribution in [1.82, 2.24) is 9.62 Å². The summed E-state index contributed by atoms with van der Waals surface area (Å²) in [7, 11) is -3.19. The van der Waals surface area contributed by atoms with Gasteiger partial charge >= 0.3 is 0 Å². The van der Waals surface area contributed by atoms with E-state index in [1.165, 1.54) is 12.8 Å². The fourth-order valence-corrected chi connectivity index (χ4v) is 4.33. The van der Waals surface area contributed by atoms with Crippen molar-refractivity contribution in [3.05, 3.63) is 22.4 Å². The molecule has 0 aliphatic heterocycles. The lowest BCUT2D eigenvalue weighted by Crippen LogP contribution is -2.40. The number of thiophene rings is 1. The summed E-state index contributed by atoms with van der Waals surface area (Å²) in [5.41, 5.74) is 0. The molecule has 1 heterocycles. The molecule has 1 N–H and O–H groups in total. The second-order valence-electron chi connectivity index (χ2n) is 5.26. The Bertz CT molecular complexity index is 479. The van der Waals surface area contributed by atoms with E-state index < -0.39 is 10.0 Å². The van der Waals surface area contributed by atoms with E-state index in [1.807, 2.05) is 31.4 Å². The Balaban J connectivity index is 1.95. The zero-order chi connectivity index (χ0) is 13.9. The quantitative estimate of drug-likeness (QED) is 0.799. The molecule has 0 spiro atoms. The highest BCUT2D eigenvalue weighted by atomic mass is 32.2. The van der Waals surface area contributed by atoms with Crippen molar-refractivity contribution in [3.8, 4) is 0 Å². The highest BCUT2D eigenvalue weighted by Gasteiger charge is 2.26. The van der Waals surface area contributed by atoms with Gasteiger partial charge in [-0.05, 0) is 38.1 Å². The molecule has 0 saturated heterocycles. The lowest BCUT2D eigenvalue weighted by atomic mass is 10.4. The Morgan fingerprint density at radius 3 is 2.74 bits per heavy atom. The molecule has 1 aliphatic rings. The fraction of sp³-hybridized carbons (Fsp3) is 0.692. The van der Waals surface area contributed by atoms with Gasteiger partial charge in [0.25, 0.3) is 0 Å². The van der Waals surface area contributed by atoms with Crippen LogP contribution in [0.4, 0.5) is 0 Å². The lowest BCUT2D eigenvalue weighted by molar-refractivity contribution is 0.350. The first kappa shape index (κ1) is 15.0. The summed E-state index contributed by atoms with van der Waals surface area (Å²) in [5, 5.41) is 5.24. The largest absolute Gasteiger partial charge is 0.313 e. The molecule has 0 radical (unpaired) electrons. The average molecular weight is 302 g/mol. The van der Waals surface area contributed by atoms with Crippen molar-refractivity contribution in [2.45, 2.75) is 45.3 Å². The molecule has 1 aliphatic carbocycles. The molecule has 1 saturated carbocycles. The summed E-state index contributed by atoms with van der Waals surface area (Å²) in [4.78, 5) is 1.09. The minimum atomic E-state index is -3.19. The molecule has 0 unspecified atom stereocenters. The van der Waals surface area contributed by atoms with E-state index in [2.05, 4.69) is 5.32 Å². The molecular formula is C13H22N2O2S2. The monoisotopic (exact) mass is 302 g/mol. The van der Waals surface area contributed by atoms with Gasteiger partial charge in [-0.1, -0.05) is 6.07 Å². The minimum absolute atomic E-state index is 0.00646. The van der Waals surface area contributed by atoms with Crippen LogP contribution in [0, 0.1) is 0 Å². The zero-order valence-corrected chi connectivity index (χ0v) is 13.1. The molecule has 0 atom stereocenters. The molecule has 0 aromatic carbocycles. The van der Waals surface area contributed by atoms with Gasteiger partial charge in [0.05, 0.1) is 5.75 Å². The van der Waals surface area contributed by atoms with E-state index in [0.29, 0.717) is 19.1 Å². The van der Waals surface area contributed by atoms with Crippen LogP contribution in [0.15, 0.2) is 17.5 Å². The maximum absolute atomic E-state index is 12.4. The average Bonchev–Trinajstić information content (AvgIpc) is 3.00. The van der Waals surface area contributed by atoms with Crippen LogP contribution < -0.4 is 5.32 Å². The zero-order valence-electron chi connectivity index (χ0n) is 11.5. The Morgan fingerprint density at radius 2 is 2.21 bits per heavy atom. The summed E-state index contributed by atoms with van der Waals surface area (Å²) in [6, 6.07) is 4.49. The molecule has 4 nitrogen and oxygen atoms in total. The predicted molar refractivity (Wildman–Crippen MR) is 79.8 cm³/mol. The Labute approximate surface area is 119 Å². The van der Waals surface area contributed by atoms with Gasteiger partial charge < -0.3 is 5.32 Å². The molecule has 1 aromatic rings.